The SMILES string of the molecule is CN(C)C(=O)[C@H]1CCCC(N(NC(=O)C(=Nc2ccc(Cl)cc2)NO)C(=O)O)C1. The van der Waals surface area contributed by atoms with Crippen LogP contribution in [0.4, 0.5) is 10.5 Å². The molecule has 0 radical (unpaired) electrons. The number of amides is 3. The molecule has 3 amide bonds. The van der Waals surface area contributed by atoms with E-state index in [4.69, 9.17) is 11.6 Å². The average Bonchev–Trinajstić information content (AvgIpc) is 2.70. The molecule has 0 saturated heterocycles. The summed E-state index contributed by atoms with van der Waals surface area (Å²) in [4.78, 5) is 41.8. The zero-order valence-electron chi connectivity index (χ0n) is 16.1. The van der Waals surface area contributed by atoms with Crippen LogP contribution in [0.15, 0.2) is 29.3 Å². The van der Waals surface area contributed by atoms with Crippen LogP contribution < -0.4 is 10.9 Å². The van der Waals surface area contributed by atoms with Gasteiger partial charge in [0, 0.05) is 25.0 Å². The van der Waals surface area contributed by atoms with Crippen molar-refractivity contribution < 1.29 is 24.7 Å². The van der Waals surface area contributed by atoms with Crippen LogP contribution in [0, 0.1) is 5.92 Å². The predicted molar refractivity (Wildman–Crippen MR) is 106 cm³/mol. The van der Waals surface area contributed by atoms with Crippen molar-refractivity contribution in [2.75, 3.05) is 14.1 Å². The summed E-state index contributed by atoms with van der Waals surface area (Å²) >= 11 is 5.80. The number of carbonyl (C=O) groups is 3. The zero-order chi connectivity index (χ0) is 21.6. The highest BCUT2D eigenvalue weighted by Gasteiger charge is 2.35. The lowest BCUT2D eigenvalue weighted by Gasteiger charge is -2.35. The fourth-order valence-corrected chi connectivity index (χ4v) is 3.34. The third-order valence-corrected chi connectivity index (χ3v) is 4.87. The quantitative estimate of drug-likeness (QED) is 0.332. The molecule has 1 aromatic carbocycles. The van der Waals surface area contributed by atoms with Gasteiger partial charge in [0.05, 0.1) is 11.7 Å². The summed E-state index contributed by atoms with van der Waals surface area (Å²) in [7, 11) is 3.30. The number of nitrogens with zero attached hydrogens (tertiary/aromatic N) is 3. The first-order chi connectivity index (χ1) is 13.7. The minimum atomic E-state index is -1.37. The molecule has 2 rings (SSSR count). The fourth-order valence-electron chi connectivity index (χ4n) is 3.22. The summed E-state index contributed by atoms with van der Waals surface area (Å²) in [5.41, 5.74) is 4.26. The van der Waals surface area contributed by atoms with Crippen LogP contribution in [0.25, 0.3) is 0 Å². The molecule has 29 heavy (non-hydrogen) atoms. The van der Waals surface area contributed by atoms with Crippen LogP contribution in [0.5, 0.6) is 0 Å². The van der Waals surface area contributed by atoms with E-state index in [-0.39, 0.29) is 11.8 Å². The number of nitrogens with one attached hydrogen (secondary N) is 2. The summed E-state index contributed by atoms with van der Waals surface area (Å²) in [5.74, 6) is -1.82. The maximum atomic E-state index is 12.5. The Labute approximate surface area is 173 Å². The minimum Gasteiger partial charge on any atom is -0.464 e. The Morgan fingerprint density at radius 2 is 1.83 bits per heavy atom. The topological polar surface area (TPSA) is 135 Å². The molecular weight excluding hydrogens is 402 g/mol. The van der Waals surface area contributed by atoms with Gasteiger partial charge in [0.2, 0.25) is 11.7 Å². The third-order valence-electron chi connectivity index (χ3n) is 4.62. The number of benzene rings is 1. The standard InChI is InChI=1S/C18H24ClN5O5/c1-23(2)17(26)11-4-3-5-14(10-11)24(18(27)28)21-16(25)15(22-29)20-13-8-6-12(19)7-9-13/h6-9,11,14,29H,3-5,10H2,1-2H3,(H,20,22)(H,21,25)(H,27,28)/t11-,14?/m0/s1. The van der Waals surface area contributed by atoms with E-state index in [2.05, 4.69) is 10.4 Å². The molecule has 11 heteroatoms. The van der Waals surface area contributed by atoms with E-state index in [1.807, 2.05) is 0 Å². The lowest BCUT2D eigenvalue weighted by atomic mass is 9.84. The first kappa shape index (κ1) is 22.4. The normalized spacial score (nSPS) is 19.2. The number of hydrazine groups is 1. The molecule has 1 aliphatic rings. The molecule has 158 valence electrons. The predicted octanol–water partition coefficient (Wildman–Crippen LogP) is 2.01. The van der Waals surface area contributed by atoms with Crippen molar-refractivity contribution in [2.24, 2.45) is 10.9 Å². The van der Waals surface area contributed by atoms with Gasteiger partial charge in [0.1, 0.15) is 0 Å². The molecule has 0 aliphatic heterocycles. The number of hydroxylamine groups is 1. The summed E-state index contributed by atoms with van der Waals surface area (Å²) in [6.07, 6.45) is 0.736. The van der Waals surface area contributed by atoms with Crippen molar-refractivity contribution in [3.8, 4) is 0 Å². The van der Waals surface area contributed by atoms with E-state index in [0.29, 0.717) is 36.4 Å². The Hall–Kier alpha value is -2.85. The van der Waals surface area contributed by atoms with Gasteiger partial charge in [0.15, 0.2) is 0 Å². The Balaban J connectivity index is 2.14. The number of rotatable bonds is 3. The van der Waals surface area contributed by atoms with Gasteiger partial charge in [-0.2, -0.15) is 0 Å². The lowest BCUT2D eigenvalue weighted by molar-refractivity contribution is -0.135. The maximum Gasteiger partial charge on any atom is 0.426 e. The van der Waals surface area contributed by atoms with E-state index < -0.39 is 23.9 Å². The largest absolute Gasteiger partial charge is 0.464 e. The molecule has 2 atom stereocenters. The van der Waals surface area contributed by atoms with E-state index >= 15 is 0 Å². The summed E-state index contributed by atoms with van der Waals surface area (Å²) < 4.78 is 0. The van der Waals surface area contributed by atoms with Crippen molar-refractivity contribution in [1.82, 2.24) is 20.8 Å². The minimum absolute atomic E-state index is 0.0756. The average molecular weight is 426 g/mol. The van der Waals surface area contributed by atoms with Crippen LogP contribution in [-0.4, -0.2) is 64.1 Å². The molecule has 1 fully saturated rings. The van der Waals surface area contributed by atoms with Crippen LogP contribution in [0.1, 0.15) is 25.7 Å². The van der Waals surface area contributed by atoms with Crippen molar-refractivity contribution in [1.29, 1.82) is 0 Å². The van der Waals surface area contributed by atoms with Crippen LogP contribution in [0.3, 0.4) is 0 Å². The molecule has 0 aromatic heterocycles. The number of halogens is 1. The van der Waals surface area contributed by atoms with Gasteiger partial charge in [-0.3, -0.25) is 20.2 Å². The molecule has 1 unspecified atom stereocenters. The van der Waals surface area contributed by atoms with E-state index in [9.17, 15) is 24.7 Å². The molecular formula is C18H24ClN5O5. The van der Waals surface area contributed by atoms with Gasteiger partial charge in [0.25, 0.3) is 0 Å². The van der Waals surface area contributed by atoms with Gasteiger partial charge in [-0.1, -0.05) is 18.0 Å². The molecule has 0 spiro atoms. The van der Waals surface area contributed by atoms with Crippen molar-refractivity contribution in [2.45, 2.75) is 31.7 Å². The molecule has 4 N–H and O–H groups in total. The zero-order valence-corrected chi connectivity index (χ0v) is 16.9. The first-order valence-electron chi connectivity index (χ1n) is 9.01. The van der Waals surface area contributed by atoms with Gasteiger partial charge in [-0.05, 0) is 43.5 Å². The molecule has 1 saturated carbocycles. The summed E-state index contributed by atoms with van der Waals surface area (Å²) in [6, 6.07) is 5.59. The van der Waals surface area contributed by atoms with E-state index in [0.717, 1.165) is 5.01 Å². The van der Waals surface area contributed by atoms with Crippen molar-refractivity contribution >= 4 is 41.0 Å². The Morgan fingerprint density at radius 1 is 1.17 bits per heavy atom. The number of hydrogen-bond donors (Lipinski definition) is 4. The number of carboxylic acid groups (broad SMARTS) is 1. The highest BCUT2D eigenvalue weighted by molar-refractivity contribution is 6.38. The molecule has 10 nitrogen and oxygen atoms in total. The highest BCUT2D eigenvalue weighted by Crippen LogP contribution is 2.28. The summed E-state index contributed by atoms with van der Waals surface area (Å²) in [5, 5.41) is 20.1. The molecule has 0 bridgehead atoms. The number of hydrogen-bond acceptors (Lipinski definition) is 5. The molecule has 1 aromatic rings. The molecule has 0 heterocycles. The maximum absolute atomic E-state index is 12.5. The first-order valence-corrected chi connectivity index (χ1v) is 9.39. The Kier molecular flexibility index (Phi) is 7.80. The number of aliphatic imine (C=N–C) groups is 1. The summed E-state index contributed by atoms with van der Waals surface area (Å²) in [6.45, 7) is 0. The smallest absolute Gasteiger partial charge is 0.426 e. The Morgan fingerprint density at radius 3 is 2.38 bits per heavy atom. The van der Waals surface area contributed by atoms with Crippen LogP contribution >= 0.6 is 11.6 Å². The second-order valence-electron chi connectivity index (χ2n) is 6.89. The Bertz CT molecular complexity index is 783. The molecule has 1 aliphatic carbocycles. The number of amidine groups is 1. The van der Waals surface area contributed by atoms with Gasteiger partial charge < -0.3 is 10.0 Å². The monoisotopic (exact) mass is 425 g/mol. The second-order valence-corrected chi connectivity index (χ2v) is 7.33. The van der Waals surface area contributed by atoms with Crippen LogP contribution in [0.2, 0.25) is 5.02 Å². The number of carbonyl (C=O) groups excluding carboxylic acids is 2. The van der Waals surface area contributed by atoms with Gasteiger partial charge in [-0.15, -0.1) is 0 Å². The lowest BCUT2D eigenvalue weighted by Crippen LogP contribution is -2.56. The third kappa shape index (κ3) is 6.06. The second kappa shape index (κ2) is 10.1. The van der Waals surface area contributed by atoms with Crippen molar-refractivity contribution in [3.63, 3.8) is 0 Å². The van der Waals surface area contributed by atoms with Crippen LogP contribution in [-0.2, 0) is 9.59 Å². The van der Waals surface area contributed by atoms with E-state index in [1.54, 1.807) is 31.7 Å². The van der Waals surface area contributed by atoms with E-state index in [1.165, 1.54) is 17.0 Å². The highest BCUT2D eigenvalue weighted by atomic mass is 35.5. The fraction of sp³-hybridized carbons (Fsp3) is 0.444. The van der Waals surface area contributed by atoms with Crippen molar-refractivity contribution in [3.05, 3.63) is 29.3 Å². The van der Waals surface area contributed by atoms with Gasteiger partial charge in [-0.25, -0.2) is 20.3 Å². The van der Waals surface area contributed by atoms with Gasteiger partial charge >= 0.3 is 12.0 Å².